The van der Waals surface area contributed by atoms with Crippen LogP contribution in [0, 0.1) is 13.8 Å². The monoisotopic (exact) mass is 476 g/mol. The quantitative estimate of drug-likeness (QED) is 0.549. The van der Waals surface area contributed by atoms with Gasteiger partial charge in [0.05, 0.1) is 0 Å². The summed E-state index contributed by atoms with van der Waals surface area (Å²) in [5, 5.41) is 3.99. The highest BCUT2D eigenvalue weighted by Gasteiger charge is 2.29. The van der Waals surface area contributed by atoms with Crippen LogP contribution in [-0.2, 0) is 16.1 Å². The van der Waals surface area contributed by atoms with Crippen molar-refractivity contribution in [1.82, 2.24) is 10.2 Å². The highest BCUT2D eigenvalue weighted by Crippen LogP contribution is 2.27. The summed E-state index contributed by atoms with van der Waals surface area (Å²) in [5.41, 5.74) is 2.59. The third-order valence-electron chi connectivity index (χ3n) is 5.95. The number of hydrogen-bond donors (Lipinski definition) is 1. The largest absolute Gasteiger partial charge is 0.483 e. The lowest BCUT2D eigenvalue weighted by Crippen LogP contribution is -2.50. The number of amides is 2. The minimum Gasteiger partial charge on any atom is -0.483 e. The fraction of sp³-hybridized carbons (Fsp3) is 0.440. The van der Waals surface area contributed by atoms with Gasteiger partial charge in [0.15, 0.2) is 6.61 Å². The van der Waals surface area contributed by atoms with E-state index in [0.29, 0.717) is 21.4 Å². The first-order valence-electron chi connectivity index (χ1n) is 11.0. The molecule has 1 N–H and O–H groups in total. The first-order chi connectivity index (χ1) is 15.3. The van der Waals surface area contributed by atoms with Crippen molar-refractivity contribution in [3.8, 4) is 5.75 Å². The minimum absolute atomic E-state index is 0.118. The Morgan fingerprint density at radius 3 is 2.44 bits per heavy atom. The second-order valence-corrected chi connectivity index (χ2v) is 9.26. The first-order valence-corrected chi connectivity index (χ1v) is 11.7. The molecule has 1 aliphatic carbocycles. The zero-order chi connectivity index (χ0) is 23.3. The summed E-state index contributed by atoms with van der Waals surface area (Å²) >= 11 is 12.7. The predicted octanol–water partition coefficient (Wildman–Crippen LogP) is 5.47. The third-order valence-corrected chi connectivity index (χ3v) is 6.66. The summed E-state index contributed by atoms with van der Waals surface area (Å²) in [6.45, 7) is 5.55. The molecule has 5 nitrogen and oxygen atoms in total. The van der Waals surface area contributed by atoms with Crippen LogP contribution in [0.4, 0.5) is 0 Å². The van der Waals surface area contributed by atoms with Gasteiger partial charge in [-0.05, 0) is 62.9 Å². The number of aryl methyl sites for hydroxylation is 2. The van der Waals surface area contributed by atoms with Gasteiger partial charge >= 0.3 is 0 Å². The van der Waals surface area contributed by atoms with E-state index < -0.39 is 6.04 Å². The Hall–Kier alpha value is -2.24. The highest BCUT2D eigenvalue weighted by molar-refractivity contribution is 6.36. The van der Waals surface area contributed by atoms with E-state index in [0.717, 1.165) is 36.8 Å². The second kappa shape index (κ2) is 11.1. The van der Waals surface area contributed by atoms with Crippen molar-refractivity contribution in [2.45, 2.75) is 65.1 Å². The molecule has 0 saturated heterocycles. The molecular formula is C25H30Cl2N2O3. The summed E-state index contributed by atoms with van der Waals surface area (Å²) in [5.74, 6) is 0.160. The molecule has 0 spiro atoms. The molecule has 0 radical (unpaired) electrons. The lowest BCUT2D eigenvalue weighted by molar-refractivity contribution is -0.142. The molecule has 7 heteroatoms. The van der Waals surface area contributed by atoms with E-state index in [-0.39, 0.29) is 31.0 Å². The minimum atomic E-state index is -0.697. The molecule has 1 saturated carbocycles. The maximum absolute atomic E-state index is 13.3. The molecule has 32 heavy (non-hydrogen) atoms. The Bertz CT molecular complexity index is 953. The molecule has 2 amide bonds. The zero-order valence-electron chi connectivity index (χ0n) is 18.8. The molecule has 1 aliphatic rings. The van der Waals surface area contributed by atoms with Crippen LogP contribution in [0.15, 0.2) is 36.4 Å². The van der Waals surface area contributed by atoms with Crippen molar-refractivity contribution >= 4 is 35.0 Å². The Kier molecular flexibility index (Phi) is 8.44. The molecule has 0 heterocycles. The molecule has 1 unspecified atom stereocenters. The van der Waals surface area contributed by atoms with Gasteiger partial charge in [-0.2, -0.15) is 0 Å². The summed E-state index contributed by atoms with van der Waals surface area (Å²) in [7, 11) is 0. The van der Waals surface area contributed by atoms with Crippen LogP contribution in [0.3, 0.4) is 0 Å². The summed E-state index contributed by atoms with van der Waals surface area (Å²) in [6, 6.07) is 10.5. The van der Waals surface area contributed by atoms with E-state index in [1.807, 2.05) is 32.0 Å². The molecule has 3 rings (SSSR count). The van der Waals surface area contributed by atoms with E-state index in [4.69, 9.17) is 27.9 Å². The lowest BCUT2D eigenvalue weighted by atomic mass is 10.1. The molecule has 1 atom stereocenters. The predicted molar refractivity (Wildman–Crippen MR) is 128 cm³/mol. The Morgan fingerprint density at radius 2 is 1.78 bits per heavy atom. The van der Waals surface area contributed by atoms with Crippen molar-refractivity contribution in [3.63, 3.8) is 0 Å². The molecule has 0 aliphatic heterocycles. The molecule has 0 bridgehead atoms. The normalized spacial score (nSPS) is 14.8. The summed E-state index contributed by atoms with van der Waals surface area (Å²) in [6.07, 6.45) is 4.17. The summed E-state index contributed by atoms with van der Waals surface area (Å²) < 4.78 is 5.83. The van der Waals surface area contributed by atoms with E-state index >= 15 is 0 Å². The topological polar surface area (TPSA) is 58.6 Å². The third kappa shape index (κ3) is 6.17. The number of hydrogen-bond acceptors (Lipinski definition) is 3. The van der Waals surface area contributed by atoms with Gasteiger partial charge in [-0.3, -0.25) is 9.59 Å². The zero-order valence-corrected chi connectivity index (χ0v) is 20.3. The SMILES string of the molecule is Cc1ccc(C)c(OCC(=O)N(Cc2c(Cl)cccc2Cl)C(C)C(=O)NC2CCCC2)c1. The van der Waals surface area contributed by atoms with Crippen molar-refractivity contribution in [1.29, 1.82) is 0 Å². The standard InChI is InChI=1S/C25H30Cl2N2O3/c1-16-11-12-17(2)23(13-16)32-15-24(30)29(14-20-21(26)9-6-10-22(20)27)18(3)25(31)28-19-7-4-5-8-19/h6,9-13,18-19H,4-5,7-8,14-15H2,1-3H3,(H,28,31). The van der Waals surface area contributed by atoms with E-state index in [2.05, 4.69) is 5.32 Å². The summed E-state index contributed by atoms with van der Waals surface area (Å²) in [4.78, 5) is 27.7. The fourth-order valence-corrected chi connectivity index (χ4v) is 4.43. The first kappa shape index (κ1) is 24.4. The van der Waals surface area contributed by atoms with Gasteiger partial charge in [0.25, 0.3) is 5.91 Å². The van der Waals surface area contributed by atoms with Crippen LogP contribution in [0.5, 0.6) is 5.75 Å². The van der Waals surface area contributed by atoms with Gasteiger partial charge in [0, 0.05) is 28.2 Å². The Balaban J connectivity index is 1.79. The maximum Gasteiger partial charge on any atom is 0.261 e. The highest BCUT2D eigenvalue weighted by atomic mass is 35.5. The second-order valence-electron chi connectivity index (χ2n) is 8.45. The van der Waals surface area contributed by atoms with Crippen LogP contribution in [0.25, 0.3) is 0 Å². The number of carbonyl (C=O) groups excluding carboxylic acids is 2. The van der Waals surface area contributed by atoms with Crippen LogP contribution in [-0.4, -0.2) is 35.4 Å². The average molecular weight is 477 g/mol. The van der Waals surface area contributed by atoms with Crippen LogP contribution in [0.1, 0.15) is 49.3 Å². The lowest BCUT2D eigenvalue weighted by Gasteiger charge is -2.30. The van der Waals surface area contributed by atoms with Gasteiger partial charge in [0.2, 0.25) is 5.91 Å². The van der Waals surface area contributed by atoms with Gasteiger partial charge < -0.3 is 15.0 Å². The fourth-order valence-electron chi connectivity index (χ4n) is 3.91. The molecule has 1 fully saturated rings. The Labute approximate surface area is 200 Å². The van der Waals surface area contributed by atoms with Gasteiger partial charge in [-0.15, -0.1) is 0 Å². The molecule has 172 valence electrons. The van der Waals surface area contributed by atoms with Gasteiger partial charge in [-0.25, -0.2) is 0 Å². The van der Waals surface area contributed by atoms with Gasteiger partial charge in [-0.1, -0.05) is 54.2 Å². The van der Waals surface area contributed by atoms with Crippen LogP contribution < -0.4 is 10.1 Å². The average Bonchev–Trinajstić information content (AvgIpc) is 3.26. The van der Waals surface area contributed by atoms with Crippen molar-refractivity contribution in [2.75, 3.05) is 6.61 Å². The Morgan fingerprint density at radius 1 is 1.12 bits per heavy atom. The molecule has 2 aromatic carbocycles. The van der Waals surface area contributed by atoms with Crippen molar-refractivity contribution < 1.29 is 14.3 Å². The van der Waals surface area contributed by atoms with Crippen molar-refractivity contribution in [2.24, 2.45) is 0 Å². The van der Waals surface area contributed by atoms with Crippen LogP contribution in [0.2, 0.25) is 10.0 Å². The molecular weight excluding hydrogens is 447 g/mol. The van der Waals surface area contributed by atoms with Crippen molar-refractivity contribution in [3.05, 3.63) is 63.1 Å². The van der Waals surface area contributed by atoms with Crippen LogP contribution >= 0.6 is 23.2 Å². The number of benzene rings is 2. The molecule has 0 aromatic heterocycles. The maximum atomic E-state index is 13.3. The van der Waals surface area contributed by atoms with E-state index in [1.54, 1.807) is 25.1 Å². The smallest absolute Gasteiger partial charge is 0.261 e. The number of ether oxygens (including phenoxy) is 1. The van der Waals surface area contributed by atoms with E-state index in [1.165, 1.54) is 4.90 Å². The number of rotatable bonds is 8. The number of carbonyl (C=O) groups is 2. The van der Waals surface area contributed by atoms with Gasteiger partial charge in [0.1, 0.15) is 11.8 Å². The number of nitrogens with zero attached hydrogens (tertiary/aromatic N) is 1. The number of halogens is 2. The molecule has 2 aromatic rings. The van der Waals surface area contributed by atoms with E-state index in [9.17, 15) is 9.59 Å². The number of nitrogens with one attached hydrogen (secondary N) is 1.